The van der Waals surface area contributed by atoms with Gasteiger partial charge in [0.1, 0.15) is 11.4 Å². The number of rotatable bonds is 3. The topological polar surface area (TPSA) is 86.5 Å². The highest BCUT2D eigenvalue weighted by atomic mass is 32.2. The highest BCUT2D eigenvalue weighted by Gasteiger charge is 2.09. The average molecular weight is 278 g/mol. The lowest BCUT2D eigenvalue weighted by Gasteiger charge is -2.08. The minimum atomic E-state index is -0.210. The summed E-state index contributed by atoms with van der Waals surface area (Å²) in [6.45, 7) is 0. The van der Waals surface area contributed by atoms with Gasteiger partial charge in [-0.2, -0.15) is 5.26 Å². The van der Waals surface area contributed by atoms with Crippen LogP contribution in [0.5, 0.6) is 5.75 Å². The molecule has 0 atom stereocenters. The zero-order valence-corrected chi connectivity index (χ0v) is 11.7. The number of amides is 1. The van der Waals surface area contributed by atoms with Crippen LogP contribution in [0.25, 0.3) is 0 Å². The second kappa shape index (κ2) is 7.28. The van der Waals surface area contributed by atoms with E-state index in [1.807, 2.05) is 0 Å². The molecule has 0 fully saturated rings. The third-order valence-corrected chi connectivity index (χ3v) is 2.83. The Labute approximate surface area is 115 Å². The molecular weight excluding hydrogens is 264 g/mol. The van der Waals surface area contributed by atoms with E-state index in [1.54, 1.807) is 37.7 Å². The van der Waals surface area contributed by atoms with Crippen LogP contribution in [0.1, 0.15) is 10.4 Å². The zero-order valence-electron chi connectivity index (χ0n) is 10.9. The minimum Gasteiger partial charge on any atom is -0.494 e. The summed E-state index contributed by atoms with van der Waals surface area (Å²) in [6, 6.07) is 4.91. The molecule has 1 rings (SSSR count). The van der Waals surface area contributed by atoms with Crippen molar-refractivity contribution in [1.82, 2.24) is 10.6 Å². The maximum atomic E-state index is 11.6. The standard InChI is InChI=1S/C12H14N4O2S/c1-14-11(17)8-4-5-10(18-2)9(6-8)16-12(19-3)15-7-13/h4-6H,1-3H3,(H,14,17)(H,15,16). The van der Waals surface area contributed by atoms with Crippen molar-refractivity contribution in [2.75, 3.05) is 20.4 Å². The van der Waals surface area contributed by atoms with Gasteiger partial charge >= 0.3 is 0 Å². The second-order valence-electron chi connectivity index (χ2n) is 3.32. The zero-order chi connectivity index (χ0) is 14.3. The van der Waals surface area contributed by atoms with E-state index < -0.39 is 0 Å². The fourth-order valence-electron chi connectivity index (χ4n) is 1.34. The van der Waals surface area contributed by atoms with E-state index in [0.717, 1.165) is 0 Å². The van der Waals surface area contributed by atoms with Gasteiger partial charge in [0, 0.05) is 12.6 Å². The van der Waals surface area contributed by atoms with Crippen molar-refractivity contribution in [2.45, 2.75) is 0 Å². The molecule has 2 N–H and O–H groups in total. The van der Waals surface area contributed by atoms with E-state index in [0.29, 0.717) is 22.2 Å². The van der Waals surface area contributed by atoms with Gasteiger partial charge in [0.15, 0.2) is 11.4 Å². The molecule has 1 aromatic carbocycles. The van der Waals surface area contributed by atoms with Crippen LogP contribution in [-0.2, 0) is 0 Å². The van der Waals surface area contributed by atoms with Gasteiger partial charge < -0.3 is 10.1 Å². The van der Waals surface area contributed by atoms with E-state index >= 15 is 0 Å². The van der Waals surface area contributed by atoms with Crippen molar-refractivity contribution in [3.63, 3.8) is 0 Å². The third-order valence-electron chi connectivity index (χ3n) is 2.25. The number of nitrogens with zero attached hydrogens (tertiary/aromatic N) is 2. The van der Waals surface area contributed by atoms with E-state index in [2.05, 4.69) is 15.6 Å². The molecule has 0 aliphatic carbocycles. The molecule has 0 aromatic heterocycles. The molecule has 6 nitrogen and oxygen atoms in total. The number of carbonyl (C=O) groups excluding carboxylic acids is 1. The molecule has 0 bridgehead atoms. The number of carbonyl (C=O) groups is 1. The Morgan fingerprint density at radius 3 is 2.79 bits per heavy atom. The van der Waals surface area contributed by atoms with Crippen molar-refractivity contribution < 1.29 is 9.53 Å². The molecule has 1 amide bonds. The number of benzene rings is 1. The van der Waals surface area contributed by atoms with Gasteiger partial charge in [-0.25, -0.2) is 4.99 Å². The molecule has 0 spiro atoms. The molecule has 19 heavy (non-hydrogen) atoms. The molecule has 0 heterocycles. The van der Waals surface area contributed by atoms with E-state index in [4.69, 9.17) is 10.00 Å². The molecule has 1 aromatic rings. The summed E-state index contributed by atoms with van der Waals surface area (Å²) in [5, 5.41) is 14.0. The number of aliphatic imine (C=N–C) groups is 1. The molecule has 100 valence electrons. The number of hydrogen-bond donors (Lipinski definition) is 2. The summed E-state index contributed by atoms with van der Waals surface area (Å²) in [4.78, 5) is 15.8. The van der Waals surface area contributed by atoms with Crippen LogP contribution in [0.15, 0.2) is 23.2 Å². The molecular formula is C12H14N4O2S. The molecule has 0 radical (unpaired) electrons. The van der Waals surface area contributed by atoms with Gasteiger partial charge in [-0.05, 0) is 24.5 Å². The van der Waals surface area contributed by atoms with Crippen molar-refractivity contribution in [1.29, 1.82) is 5.26 Å². The smallest absolute Gasteiger partial charge is 0.251 e. The number of nitrogens with one attached hydrogen (secondary N) is 2. The lowest BCUT2D eigenvalue weighted by molar-refractivity contribution is 0.0963. The molecule has 0 aliphatic heterocycles. The Hall–Kier alpha value is -2.20. The summed E-state index contributed by atoms with van der Waals surface area (Å²) in [5.41, 5.74) is 0.954. The fraction of sp³-hybridized carbons (Fsp3) is 0.250. The Bertz CT molecular complexity index is 537. The fourth-order valence-corrected chi connectivity index (χ4v) is 1.68. The predicted molar refractivity (Wildman–Crippen MR) is 75.7 cm³/mol. The first-order chi connectivity index (χ1) is 9.15. The van der Waals surface area contributed by atoms with Crippen LogP contribution >= 0.6 is 11.8 Å². The van der Waals surface area contributed by atoms with Gasteiger partial charge in [-0.15, -0.1) is 0 Å². The van der Waals surface area contributed by atoms with Gasteiger partial charge in [0.05, 0.1) is 7.11 Å². The minimum absolute atomic E-state index is 0.210. The number of ether oxygens (including phenoxy) is 1. The van der Waals surface area contributed by atoms with Crippen molar-refractivity contribution in [3.8, 4) is 11.9 Å². The maximum absolute atomic E-state index is 11.6. The summed E-state index contributed by atoms with van der Waals surface area (Å²) in [5.74, 6) is 0.317. The van der Waals surface area contributed by atoms with Gasteiger partial charge in [-0.3, -0.25) is 10.1 Å². The van der Waals surface area contributed by atoms with Crippen LogP contribution in [0.2, 0.25) is 0 Å². The maximum Gasteiger partial charge on any atom is 0.251 e. The van der Waals surface area contributed by atoms with Gasteiger partial charge in [0.25, 0.3) is 5.91 Å². The third kappa shape index (κ3) is 3.89. The van der Waals surface area contributed by atoms with E-state index in [1.165, 1.54) is 18.9 Å². The molecule has 0 unspecified atom stereocenters. The quantitative estimate of drug-likeness (QED) is 0.378. The lowest BCUT2D eigenvalue weighted by Crippen LogP contribution is -2.17. The van der Waals surface area contributed by atoms with E-state index in [-0.39, 0.29) is 5.91 Å². The van der Waals surface area contributed by atoms with Crippen molar-refractivity contribution in [3.05, 3.63) is 23.8 Å². The van der Waals surface area contributed by atoms with Crippen LogP contribution in [-0.4, -0.2) is 31.5 Å². The SMILES string of the molecule is CNC(=O)c1ccc(OC)c(N=C(NC#N)SC)c1. The molecule has 7 heteroatoms. The van der Waals surface area contributed by atoms with Crippen molar-refractivity contribution >= 4 is 28.5 Å². The number of methoxy groups -OCH3 is 1. The number of hydrogen-bond acceptors (Lipinski definition) is 5. The number of amidine groups is 1. The normalized spacial score (nSPS) is 10.5. The lowest BCUT2D eigenvalue weighted by atomic mass is 10.2. The van der Waals surface area contributed by atoms with Crippen LogP contribution in [0, 0.1) is 11.5 Å². The van der Waals surface area contributed by atoms with Gasteiger partial charge in [-0.1, -0.05) is 11.8 Å². The predicted octanol–water partition coefficient (Wildman–Crippen LogP) is 1.48. The average Bonchev–Trinajstić information content (AvgIpc) is 2.45. The first kappa shape index (κ1) is 14.9. The number of thioether (sulfide) groups is 1. The molecule has 0 aliphatic rings. The first-order valence-corrected chi connectivity index (χ1v) is 6.56. The highest BCUT2D eigenvalue weighted by molar-refractivity contribution is 8.13. The highest BCUT2D eigenvalue weighted by Crippen LogP contribution is 2.29. The number of nitriles is 1. The summed E-state index contributed by atoms with van der Waals surface area (Å²) in [7, 11) is 3.07. The summed E-state index contributed by atoms with van der Waals surface area (Å²) < 4.78 is 5.18. The Morgan fingerprint density at radius 1 is 1.53 bits per heavy atom. The largest absolute Gasteiger partial charge is 0.494 e. The second-order valence-corrected chi connectivity index (χ2v) is 4.12. The Morgan fingerprint density at radius 2 is 2.26 bits per heavy atom. The van der Waals surface area contributed by atoms with Gasteiger partial charge in [0.2, 0.25) is 0 Å². The monoisotopic (exact) mass is 278 g/mol. The van der Waals surface area contributed by atoms with Crippen LogP contribution in [0.4, 0.5) is 5.69 Å². The Kier molecular flexibility index (Phi) is 5.70. The van der Waals surface area contributed by atoms with Crippen LogP contribution < -0.4 is 15.4 Å². The van der Waals surface area contributed by atoms with Crippen molar-refractivity contribution in [2.24, 2.45) is 4.99 Å². The van der Waals surface area contributed by atoms with E-state index in [9.17, 15) is 4.79 Å². The Balaban J connectivity index is 3.23. The van der Waals surface area contributed by atoms with Crippen LogP contribution in [0.3, 0.4) is 0 Å². The summed E-state index contributed by atoms with van der Waals surface area (Å²) >= 11 is 1.29. The summed E-state index contributed by atoms with van der Waals surface area (Å²) in [6.07, 6.45) is 3.59. The molecule has 0 saturated heterocycles. The molecule has 0 saturated carbocycles. The first-order valence-electron chi connectivity index (χ1n) is 5.34.